The van der Waals surface area contributed by atoms with Gasteiger partial charge in [-0.25, -0.2) is 15.0 Å². The molecule has 0 bridgehead atoms. The van der Waals surface area contributed by atoms with Gasteiger partial charge in [0.15, 0.2) is 0 Å². The number of nitrogens with zero attached hydrogens (tertiary/aromatic N) is 5. The third kappa shape index (κ3) is 4.05. The Morgan fingerprint density at radius 2 is 2.22 bits per heavy atom. The van der Waals surface area contributed by atoms with Gasteiger partial charge in [-0.05, 0) is 18.6 Å². The number of fused-ring (bicyclic) bond motifs is 1. The molecule has 0 spiro atoms. The molecule has 1 aliphatic heterocycles. The van der Waals surface area contributed by atoms with Gasteiger partial charge in [0.25, 0.3) is 0 Å². The zero-order chi connectivity index (χ0) is 18.8. The molecule has 1 fully saturated rings. The average molecular weight is 432 g/mol. The number of aliphatic hydroxyl groups is 1. The van der Waals surface area contributed by atoms with Crippen LogP contribution in [-0.2, 0) is 6.54 Å². The highest BCUT2D eigenvalue weighted by Gasteiger charge is 2.31. The number of rotatable bonds is 6. The van der Waals surface area contributed by atoms with E-state index in [-0.39, 0.29) is 12.1 Å². The van der Waals surface area contributed by atoms with E-state index in [0.29, 0.717) is 19.5 Å². The SMILES string of the molecule is CNc1cc(N2C[C@H](O)C[C@@H]2CNCc2cn3ccc(Br)cc3n2)ncn1. The minimum absolute atomic E-state index is 0.172. The summed E-state index contributed by atoms with van der Waals surface area (Å²) in [6, 6.07) is 6.06. The Hall–Kier alpha value is -2.23. The van der Waals surface area contributed by atoms with Crippen molar-refractivity contribution < 1.29 is 5.11 Å². The molecule has 0 amide bonds. The molecule has 4 heterocycles. The first-order valence-corrected chi connectivity index (χ1v) is 9.70. The van der Waals surface area contributed by atoms with Crippen molar-refractivity contribution >= 4 is 33.2 Å². The molecular weight excluding hydrogens is 410 g/mol. The zero-order valence-electron chi connectivity index (χ0n) is 15.0. The topological polar surface area (TPSA) is 90.6 Å². The van der Waals surface area contributed by atoms with Crippen molar-refractivity contribution in [1.82, 2.24) is 24.7 Å². The van der Waals surface area contributed by atoms with Crippen molar-refractivity contribution in [3.05, 3.63) is 47.1 Å². The van der Waals surface area contributed by atoms with Crippen LogP contribution in [0.2, 0.25) is 0 Å². The Morgan fingerprint density at radius 3 is 3.07 bits per heavy atom. The van der Waals surface area contributed by atoms with Crippen LogP contribution in [0.5, 0.6) is 0 Å². The molecule has 8 nitrogen and oxygen atoms in total. The Balaban J connectivity index is 1.41. The maximum absolute atomic E-state index is 10.1. The molecule has 0 radical (unpaired) electrons. The van der Waals surface area contributed by atoms with Crippen LogP contribution in [0.3, 0.4) is 0 Å². The summed E-state index contributed by atoms with van der Waals surface area (Å²) in [5.74, 6) is 1.60. The predicted octanol–water partition coefficient (Wildman–Crippen LogP) is 1.66. The van der Waals surface area contributed by atoms with Crippen molar-refractivity contribution in [2.75, 3.05) is 30.4 Å². The number of aliphatic hydroxyl groups excluding tert-OH is 1. The number of pyridine rings is 1. The van der Waals surface area contributed by atoms with E-state index < -0.39 is 0 Å². The Bertz CT molecular complexity index is 931. The number of hydrogen-bond donors (Lipinski definition) is 3. The van der Waals surface area contributed by atoms with Gasteiger partial charge < -0.3 is 25.0 Å². The smallest absolute Gasteiger partial charge is 0.138 e. The standard InChI is InChI=1S/C18H22BrN7O/c1-20-16-6-17(23-11-22-16)26-10-15(27)5-14(26)8-21-7-13-9-25-3-2-12(19)4-18(25)24-13/h2-4,6,9,11,14-15,21,27H,5,7-8,10H2,1H3,(H,20,22,23)/t14-,15-/m1/s1. The lowest BCUT2D eigenvalue weighted by Crippen LogP contribution is -2.38. The molecule has 9 heteroatoms. The second-order valence-corrected chi connectivity index (χ2v) is 7.60. The molecule has 0 aliphatic carbocycles. The minimum Gasteiger partial charge on any atom is -0.391 e. The first-order valence-electron chi connectivity index (χ1n) is 8.91. The van der Waals surface area contributed by atoms with Gasteiger partial charge in [0.1, 0.15) is 23.6 Å². The van der Waals surface area contributed by atoms with Crippen molar-refractivity contribution in [2.24, 2.45) is 0 Å². The monoisotopic (exact) mass is 431 g/mol. The summed E-state index contributed by atoms with van der Waals surface area (Å²) in [5, 5.41) is 16.6. The fourth-order valence-electron chi connectivity index (χ4n) is 3.47. The molecule has 4 rings (SSSR count). The first-order chi connectivity index (χ1) is 13.1. The molecule has 0 unspecified atom stereocenters. The van der Waals surface area contributed by atoms with Crippen molar-refractivity contribution in [1.29, 1.82) is 0 Å². The summed E-state index contributed by atoms with van der Waals surface area (Å²) in [7, 11) is 1.83. The van der Waals surface area contributed by atoms with E-state index in [9.17, 15) is 5.11 Å². The van der Waals surface area contributed by atoms with Gasteiger partial charge in [-0.15, -0.1) is 0 Å². The number of nitrogens with one attached hydrogen (secondary N) is 2. The Morgan fingerprint density at radius 1 is 1.33 bits per heavy atom. The van der Waals surface area contributed by atoms with Crippen LogP contribution < -0.4 is 15.5 Å². The molecule has 1 aliphatic rings. The van der Waals surface area contributed by atoms with Crippen molar-refractivity contribution in [3.63, 3.8) is 0 Å². The summed E-state index contributed by atoms with van der Waals surface area (Å²) in [5.41, 5.74) is 1.90. The number of anilines is 2. The Kier molecular flexibility index (Phi) is 5.24. The van der Waals surface area contributed by atoms with Crippen LogP contribution in [0.25, 0.3) is 5.65 Å². The largest absolute Gasteiger partial charge is 0.391 e. The van der Waals surface area contributed by atoms with E-state index in [1.807, 2.05) is 42.0 Å². The highest BCUT2D eigenvalue weighted by molar-refractivity contribution is 9.10. The average Bonchev–Trinajstić information content (AvgIpc) is 3.24. The lowest BCUT2D eigenvalue weighted by molar-refractivity contribution is 0.194. The molecule has 0 aromatic carbocycles. The van der Waals surface area contributed by atoms with Gasteiger partial charge in [0, 0.05) is 55.7 Å². The number of halogens is 1. The van der Waals surface area contributed by atoms with E-state index in [1.165, 1.54) is 0 Å². The molecule has 2 atom stereocenters. The number of β-amino-alcohol motifs (C(OH)–C–C–N with tert-alkyl or cyclic N) is 1. The van der Waals surface area contributed by atoms with Gasteiger partial charge in [-0.2, -0.15) is 0 Å². The Labute approximate surface area is 165 Å². The summed E-state index contributed by atoms with van der Waals surface area (Å²) in [4.78, 5) is 15.3. The fraction of sp³-hybridized carbons (Fsp3) is 0.389. The minimum atomic E-state index is -0.350. The molecule has 3 aromatic heterocycles. The second kappa shape index (κ2) is 7.79. The van der Waals surface area contributed by atoms with E-state index in [4.69, 9.17) is 0 Å². The van der Waals surface area contributed by atoms with E-state index in [2.05, 4.69) is 46.4 Å². The highest BCUT2D eigenvalue weighted by Crippen LogP contribution is 2.25. The lowest BCUT2D eigenvalue weighted by atomic mass is 10.2. The normalized spacial score (nSPS) is 19.7. The van der Waals surface area contributed by atoms with E-state index >= 15 is 0 Å². The summed E-state index contributed by atoms with van der Waals surface area (Å²) >= 11 is 3.47. The van der Waals surface area contributed by atoms with Gasteiger partial charge in [0.05, 0.1) is 11.8 Å². The summed E-state index contributed by atoms with van der Waals surface area (Å²) in [6.45, 7) is 1.99. The second-order valence-electron chi connectivity index (χ2n) is 6.68. The van der Waals surface area contributed by atoms with Crippen LogP contribution in [0.4, 0.5) is 11.6 Å². The number of imidazole rings is 1. The van der Waals surface area contributed by atoms with Gasteiger partial charge in [-0.3, -0.25) is 0 Å². The molecule has 27 heavy (non-hydrogen) atoms. The first kappa shape index (κ1) is 18.1. The van der Waals surface area contributed by atoms with Gasteiger partial charge in [0.2, 0.25) is 0 Å². The maximum Gasteiger partial charge on any atom is 0.138 e. The molecule has 0 saturated carbocycles. The summed E-state index contributed by atoms with van der Waals surface area (Å²) < 4.78 is 3.02. The molecular formula is C18H22BrN7O. The molecule has 3 N–H and O–H groups in total. The van der Waals surface area contributed by atoms with E-state index in [1.54, 1.807) is 6.33 Å². The van der Waals surface area contributed by atoms with Crippen LogP contribution >= 0.6 is 15.9 Å². The predicted molar refractivity (Wildman–Crippen MR) is 108 cm³/mol. The zero-order valence-corrected chi connectivity index (χ0v) is 16.6. The third-order valence-electron chi connectivity index (χ3n) is 4.75. The van der Waals surface area contributed by atoms with Crippen LogP contribution in [0.1, 0.15) is 12.1 Å². The van der Waals surface area contributed by atoms with Crippen LogP contribution in [0.15, 0.2) is 41.4 Å². The van der Waals surface area contributed by atoms with Gasteiger partial charge in [-0.1, -0.05) is 15.9 Å². The number of hydrogen-bond acceptors (Lipinski definition) is 7. The number of aromatic nitrogens is 4. The third-order valence-corrected chi connectivity index (χ3v) is 5.25. The fourth-order valence-corrected chi connectivity index (χ4v) is 3.79. The maximum atomic E-state index is 10.1. The molecule has 1 saturated heterocycles. The quantitative estimate of drug-likeness (QED) is 0.546. The molecule has 142 valence electrons. The van der Waals surface area contributed by atoms with Crippen molar-refractivity contribution in [2.45, 2.75) is 25.1 Å². The van der Waals surface area contributed by atoms with Gasteiger partial charge >= 0.3 is 0 Å². The summed E-state index contributed by atoms with van der Waals surface area (Å²) in [6.07, 6.45) is 5.92. The van der Waals surface area contributed by atoms with E-state index in [0.717, 1.165) is 34.0 Å². The lowest BCUT2D eigenvalue weighted by Gasteiger charge is -2.25. The molecule has 3 aromatic rings. The van der Waals surface area contributed by atoms with Crippen LogP contribution in [0, 0.1) is 0 Å². The highest BCUT2D eigenvalue weighted by atomic mass is 79.9. The van der Waals surface area contributed by atoms with Crippen LogP contribution in [-0.4, -0.2) is 56.7 Å². The van der Waals surface area contributed by atoms with Crippen molar-refractivity contribution in [3.8, 4) is 0 Å².